The van der Waals surface area contributed by atoms with Gasteiger partial charge in [-0.15, -0.1) is 0 Å². The molecule has 0 saturated heterocycles. The van der Waals surface area contributed by atoms with Gasteiger partial charge in [-0.3, -0.25) is 0 Å². The van der Waals surface area contributed by atoms with Crippen molar-refractivity contribution in [1.29, 1.82) is 0 Å². The lowest BCUT2D eigenvalue weighted by Gasteiger charge is -2.43. The fourth-order valence-electron chi connectivity index (χ4n) is 5.77. The smallest absolute Gasteiger partial charge is 0.0316 e. The van der Waals surface area contributed by atoms with Crippen LogP contribution < -0.4 is 0 Å². The average molecular weight is 395 g/mol. The van der Waals surface area contributed by atoms with E-state index in [0.29, 0.717) is 16.2 Å². The first kappa shape index (κ1) is 28.0. The van der Waals surface area contributed by atoms with Gasteiger partial charge in [-0.05, 0) is 48.3 Å². The summed E-state index contributed by atoms with van der Waals surface area (Å²) < 4.78 is 0. The van der Waals surface area contributed by atoms with E-state index < -0.39 is 0 Å². The van der Waals surface area contributed by atoms with Crippen LogP contribution in [0.3, 0.4) is 0 Å². The topological polar surface area (TPSA) is 0 Å². The zero-order valence-corrected chi connectivity index (χ0v) is 21.5. The Morgan fingerprint density at radius 2 is 0.714 bits per heavy atom. The van der Waals surface area contributed by atoms with Gasteiger partial charge in [0.1, 0.15) is 0 Å². The molecule has 0 heterocycles. The standard InChI is InChI=1S/C28H58/c1-9-12-15-18-21-26(4,5)24-28(8,23-20-17-14-11-3)25-27(6,7)22-19-16-13-10-2/h9-25H2,1-8H3. The third-order valence-corrected chi connectivity index (χ3v) is 6.86. The first-order chi connectivity index (χ1) is 13.1. The molecule has 0 aromatic heterocycles. The van der Waals surface area contributed by atoms with Gasteiger partial charge in [0, 0.05) is 0 Å². The monoisotopic (exact) mass is 394 g/mol. The van der Waals surface area contributed by atoms with Crippen molar-refractivity contribution in [2.24, 2.45) is 16.2 Å². The van der Waals surface area contributed by atoms with Crippen molar-refractivity contribution in [2.45, 2.75) is 165 Å². The highest BCUT2D eigenvalue weighted by atomic mass is 14.4. The molecular formula is C28H58. The lowest BCUT2D eigenvalue weighted by atomic mass is 9.62. The van der Waals surface area contributed by atoms with Crippen molar-refractivity contribution >= 4 is 0 Å². The second kappa shape index (κ2) is 14.9. The fraction of sp³-hybridized carbons (Fsp3) is 1.00. The molecule has 0 aliphatic carbocycles. The van der Waals surface area contributed by atoms with Crippen molar-refractivity contribution in [3.05, 3.63) is 0 Å². The Morgan fingerprint density at radius 1 is 0.393 bits per heavy atom. The highest BCUT2D eigenvalue weighted by Crippen LogP contribution is 2.48. The van der Waals surface area contributed by atoms with E-state index in [-0.39, 0.29) is 0 Å². The van der Waals surface area contributed by atoms with Gasteiger partial charge < -0.3 is 0 Å². The van der Waals surface area contributed by atoms with Crippen LogP contribution in [0.5, 0.6) is 0 Å². The van der Waals surface area contributed by atoms with Crippen LogP contribution in [0, 0.1) is 16.2 Å². The van der Waals surface area contributed by atoms with E-state index in [1.807, 2.05) is 0 Å². The van der Waals surface area contributed by atoms with Crippen molar-refractivity contribution in [2.75, 3.05) is 0 Å². The Morgan fingerprint density at radius 3 is 1.04 bits per heavy atom. The van der Waals surface area contributed by atoms with Gasteiger partial charge in [0.15, 0.2) is 0 Å². The Labute approximate surface area is 181 Å². The molecule has 170 valence electrons. The predicted octanol–water partition coefficient (Wildman–Crippen LogP) is 10.7. The molecule has 0 radical (unpaired) electrons. The number of rotatable bonds is 19. The Hall–Kier alpha value is 0. The molecule has 0 aromatic carbocycles. The van der Waals surface area contributed by atoms with Gasteiger partial charge >= 0.3 is 0 Å². The van der Waals surface area contributed by atoms with E-state index >= 15 is 0 Å². The lowest BCUT2D eigenvalue weighted by molar-refractivity contribution is 0.0836. The molecule has 0 amide bonds. The Kier molecular flexibility index (Phi) is 14.9. The van der Waals surface area contributed by atoms with Crippen molar-refractivity contribution in [1.82, 2.24) is 0 Å². The maximum atomic E-state index is 2.64. The summed E-state index contributed by atoms with van der Waals surface area (Å²) >= 11 is 0. The fourth-order valence-corrected chi connectivity index (χ4v) is 5.77. The SMILES string of the molecule is CCCCCCC(C)(C)CC(C)(CCCCCC)CC(C)(C)CCCCCC. The highest BCUT2D eigenvalue weighted by molar-refractivity contribution is 4.87. The summed E-state index contributed by atoms with van der Waals surface area (Å²) in [4.78, 5) is 0. The van der Waals surface area contributed by atoms with Crippen LogP contribution in [0.2, 0.25) is 0 Å². The molecule has 0 fully saturated rings. The van der Waals surface area contributed by atoms with Crippen molar-refractivity contribution < 1.29 is 0 Å². The third-order valence-electron chi connectivity index (χ3n) is 6.86. The van der Waals surface area contributed by atoms with Crippen LogP contribution >= 0.6 is 0 Å². The second-order valence-corrected chi connectivity index (χ2v) is 11.9. The molecule has 28 heavy (non-hydrogen) atoms. The molecule has 0 saturated carbocycles. The van der Waals surface area contributed by atoms with Crippen LogP contribution in [-0.4, -0.2) is 0 Å². The van der Waals surface area contributed by atoms with Crippen LogP contribution in [0.15, 0.2) is 0 Å². The summed E-state index contributed by atoms with van der Waals surface area (Å²) in [5, 5.41) is 0. The summed E-state index contributed by atoms with van der Waals surface area (Å²) in [5.74, 6) is 0. The summed E-state index contributed by atoms with van der Waals surface area (Å²) in [5.41, 5.74) is 1.49. The minimum absolute atomic E-state index is 0.492. The Balaban J connectivity index is 4.88. The largest absolute Gasteiger partial charge is 0.0654 e. The molecule has 0 nitrogen and oxygen atoms in total. The summed E-state index contributed by atoms with van der Waals surface area (Å²) in [7, 11) is 0. The molecule has 0 unspecified atom stereocenters. The molecule has 0 aromatic rings. The van der Waals surface area contributed by atoms with Crippen LogP contribution in [0.25, 0.3) is 0 Å². The zero-order chi connectivity index (χ0) is 21.5. The van der Waals surface area contributed by atoms with E-state index in [0.717, 1.165) is 0 Å². The molecule has 0 N–H and O–H groups in total. The molecule has 0 rings (SSSR count). The summed E-state index contributed by atoms with van der Waals surface area (Å²) in [6.07, 6.45) is 23.9. The Bertz CT molecular complexity index is 323. The molecule has 0 spiro atoms. The van der Waals surface area contributed by atoms with Crippen molar-refractivity contribution in [3.63, 3.8) is 0 Å². The van der Waals surface area contributed by atoms with Gasteiger partial charge in [-0.2, -0.15) is 0 Å². The number of hydrogen-bond acceptors (Lipinski definition) is 0. The number of unbranched alkanes of at least 4 members (excludes halogenated alkanes) is 9. The first-order valence-corrected chi connectivity index (χ1v) is 13.1. The van der Waals surface area contributed by atoms with E-state index in [1.165, 1.54) is 109 Å². The average Bonchev–Trinajstić information content (AvgIpc) is 2.58. The second-order valence-electron chi connectivity index (χ2n) is 11.9. The maximum absolute atomic E-state index is 2.64. The van der Waals surface area contributed by atoms with Gasteiger partial charge in [0.25, 0.3) is 0 Å². The van der Waals surface area contributed by atoms with Gasteiger partial charge in [-0.1, -0.05) is 132 Å². The predicted molar refractivity (Wildman–Crippen MR) is 131 cm³/mol. The zero-order valence-electron chi connectivity index (χ0n) is 21.5. The molecular weight excluding hydrogens is 336 g/mol. The van der Waals surface area contributed by atoms with E-state index in [9.17, 15) is 0 Å². The molecule has 0 bridgehead atoms. The van der Waals surface area contributed by atoms with Crippen LogP contribution in [0.4, 0.5) is 0 Å². The van der Waals surface area contributed by atoms with E-state index in [1.54, 1.807) is 0 Å². The number of hydrogen-bond donors (Lipinski definition) is 0. The van der Waals surface area contributed by atoms with Crippen LogP contribution in [0.1, 0.15) is 165 Å². The van der Waals surface area contributed by atoms with E-state index in [2.05, 4.69) is 55.4 Å². The maximum Gasteiger partial charge on any atom is -0.0316 e. The minimum Gasteiger partial charge on any atom is -0.0654 e. The lowest BCUT2D eigenvalue weighted by Crippen LogP contribution is -2.31. The van der Waals surface area contributed by atoms with Gasteiger partial charge in [0.2, 0.25) is 0 Å². The highest BCUT2D eigenvalue weighted by Gasteiger charge is 2.36. The molecule has 0 aliphatic rings. The van der Waals surface area contributed by atoms with Gasteiger partial charge in [0.05, 0.1) is 0 Å². The van der Waals surface area contributed by atoms with Crippen molar-refractivity contribution in [3.8, 4) is 0 Å². The first-order valence-electron chi connectivity index (χ1n) is 13.1. The quantitative estimate of drug-likeness (QED) is 0.191. The summed E-state index contributed by atoms with van der Waals surface area (Å²) in [6.45, 7) is 19.8. The minimum atomic E-state index is 0.492. The van der Waals surface area contributed by atoms with E-state index in [4.69, 9.17) is 0 Å². The molecule has 0 atom stereocenters. The van der Waals surface area contributed by atoms with Gasteiger partial charge in [-0.25, -0.2) is 0 Å². The normalized spacial score (nSPS) is 13.3. The third kappa shape index (κ3) is 14.9. The summed E-state index contributed by atoms with van der Waals surface area (Å²) in [6, 6.07) is 0. The molecule has 0 aliphatic heterocycles. The molecule has 0 heteroatoms. The van der Waals surface area contributed by atoms with Crippen LogP contribution in [-0.2, 0) is 0 Å².